The Kier molecular flexibility index (Phi) is 5.66. The maximum absolute atomic E-state index is 12.6. The molecule has 0 radical (unpaired) electrons. The van der Waals surface area contributed by atoms with E-state index in [9.17, 15) is 8.42 Å². The van der Waals surface area contributed by atoms with Crippen molar-refractivity contribution in [3.63, 3.8) is 0 Å². The third-order valence-corrected chi connectivity index (χ3v) is 4.44. The van der Waals surface area contributed by atoms with Crippen molar-refractivity contribution in [2.24, 2.45) is 0 Å². The normalized spacial score (nSPS) is 10.7. The molecule has 0 amide bonds. The molecule has 6 nitrogen and oxygen atoms in total. The summed E-state index contributed by atoms with van der Waals surface area (Å²) in [6.45, 7) is 4.51. The lowest BCUT2D eigenvalue weighted by Crippen LogP contribution is -2.14. The fourth-order valence-electron chi connectivity index (χ4n) is 2.06. The fourth-order valence-corrected chi connectivity index (χ4v) is 3.17. The van der Waals surface area contributed by atoms with Crippen LogP contribution in [0.15, 0.2) is 47.4 Å². The van der Waals surface area contributed by atoms with Crippen LogP contribution in [0.1, 0.15) is 19.4 Å². The van der Waals surface area contributed by atoms with E-state index in [-0.39, 0.29) is 16.1 Å². The Bertz CT molecular complexity index is 857. The summed E-state index contributed by atoms with van der Waals surface area (Å²) in [7, 11) is -3.86. The van der Waals surface area contributed by atoms with E-state index in [1.165, 1.54) is 18.2 Å². The van der Waals surface area contributed by atoms with Gasteiger partial charge in [0.25, 0.3) is 10.0 Å². The second-order valence-electron chi connectivity index (χ2n) is 4.77. The number of hydrogen-bond acceptors (Lipinski definition) is 5. The molecule has 0 aliphatic rings. The van der Waals surface area contributed by atoms with Crippen molar-refractivity contribution < 1.29 is 17.9 Å². The van der Waals surface area contributed by atoms with Gasteiger partial charge in [0.15, 0.2) is 0 Å². The molecule has 0 aliphatic carbocycles. The van der Waals surface area contributed by atoms with Crippen molar-refractivity contribution in [1.29, 1.82) is 5.26 Å². The fraction of sp³-hybridized carbons (Fsp3) is 0.235. The van der Waals surface area contributed by atoms with Gasteiger partial charge < -0.3 is 9.47 Å². The van der Waals surface area contributed by atoms with Gasteiger partial charge in [-0.2, -0.15) is 5.26 Å². The van der Waals surface area contributed by atoms with Crippen LogP contribution in [-0.4, -0.2) is 21.6 Å². The zero-order chi connectivity index (χ0) is 17.6. The average molecular weight is 346 g/mol. The minimum absolute atomic E-state index is 0.00538. The van der Waals surface area contributed by atoms with Gasteiger partial charge in [0.2, 0.25) is 0 Å². The molecule has 2 aromatic carbocycles. The average Bonchev–Trinajstić information content (AvgIpc) is 2.57. The molecule has 0 atom stereocenters. The largest absolute Gasteiger partial charge is 0.494 e. The Morgan fingerprint density at radius 3 is 2.50 bits per heavy atom. The molecule has 0 bridgehead atoms. The Balaban J connectivity index is 2.40. The summed E-state index contributed by atoms with van der Waals surface area (Å²) in [4.78, 5) is 0.00538. The van der Waals surface area contributed by atoms with E-state index < -0.39 is 10.0 Å². The number of hydrogen-bond donors (Lipinski definition) is 1. The van der Waals surface area contributed by atoms with Crippen molar-refractivity contribution in [2.75, 3.05) is 17.9 Å². The van der Waals surface area contributed by atoms with E-state index in [1.54, 1.807) is 24.3 Å². The quantitative estimate of drug-likeness (QED) is 0.832. The Labute approximate surface area is 141 Å². The van der Waals surface area contributed by atoms with E-state index in [1.807, 2.05) is 19.9 Å². The van der Waals surface area contributed by atoms with Crippen molar-refractivity contribution in [1.82, 2.24) is 0 Å². The van der Waals surface area contributed by atoms with Crippen molar-refractivity contribution in [3.05, 3.63) is 48.0 Å². The topological polar surface area (TPSA) is 88.4 Å². The lowest BCUT2D eigenvalue weighted by Gasteiger charge is -2.14. The molecule has 24 heavy (non-hydrogen) atoms. The summed E-state index contributed by atoms with van der Waals surface area (Å²) < 4.78 is 38.5. The molecule has 2 rings (SSSR count). The first kappa shape index (κ1) is 17.6. The standard InChI is InChI=1S/C17H18N2O4S/c1-3-22-14-8-9-17(23-4-2)16(11-14)19-24(20,21)15-7-5-6-13(10-15)12-18/h5-11,19H,3-4H2,1-2H3. The molecule has 0 aliphatic heterocycles. The number of nitrogens with one attached hydrogen (secondary N) is 1. The summed E-state index contributed by atoms with van der Waals surface area (Å²) >= 11 is 0. The SMILES string of the molecule is CCOc1ccc(OCC)c(NS(=O)(=O)c2cccc(C#N)c2)c1. The lowest BCUT2D eigenvalue weighted by molar-refractivity contribution is 0.332. The molecule has 0 spiro atoms. The summed E-state index contributed by atoms with van der Waals surface area (Å²) in [5, 5.41) is 8.93. The van der Waals surface area contributed by atoms with Gasteiger partial charge >= 0.3 is 0 Å². The molecular weight excluding hydrogens is 328 g/mol. The van der Waals surface area contributed by atoms with E-state index in [2.05, 4.69) is 4.72 Å². The summed E-state index contributed by atoms with van der Waals surface area (Å²) in [6.07, 6.45) is 0. The van der Waals surface area contributed by atoms with Crippen LogP contribution in [0.25, 0.3) is 0 Å². The number of nitrogens with zero attached hydrogens (tertiary/aromatic N) is 1. The molecule has 0 saturated heterocycles. The third kappa shape index (κ3) is 4.18. The lowest BCUT2D eigenvalue weighted by atomic mass is 10.2. The van der Waals surface area contributed by atoms with Gasteiger partial charge in [-0.1, -0.05) is 6.07 Å². The smallest absolute Gasteiger partial charge is 0.262 e. The summed E-state index contributed by atoms with van der Waals surface area (Å²) in [5.41, 5.74) is 0.552. The summed E-state index contributed by atoms with van der Waals surface area (Å²) in [5.74, 6) is 0.936. The van der Waals surface area contributed by atoms with Crippen molar-refractivity contribution >= 4 is 15.7 Å². The van der Waals surface area contributed by atoms with E-state index in [0.29, 0.717) is 24.7 Å². The Morgan fingerprint density at radius 1 is 1.08 bits per heavy atom. The van der Waals surface area contributed by atoms with Crippen LogP contribution in [-0.2, 0) is 10.0 Å². The molecule has 0 aromatic heterocycles. The Morgan fingerprint density at radius 2 is 1.83 bits per heavy atom. The van der Waals surface area contributed by atoms with Crippen LogP contribution < -0.4 is 14.2 Å². The zero-order valence-electron chi connectivity index (χ0n) is 13.4. The number of ether oxygens (including phenoxy) is 2. The van der Waals surface area contributed by atoms with Gasteiger partial charge in [-0.15, -0.1) is 0 Å². The van der Waals surface area contributed by atoms with Gasteiger partial charge in [-0.3, -0.25) is 4.72 Å². The molecule has 7 heteroatoms. The van der Waals surface area contributed by atoms with Gasteiger partial charge in [-0.05, 0) is 44.2 Å². The van der Waals surface area contributed by atoms with Crippen LogP contribution in [0.3, 0.4) is 0 Å². The number of sulfonamides is 1. The maximum Gasteiger partial charge on any atom is 0.262 e. The van der Waals surface area contributed by atoms with Gasteiger partial charge in [0.1, 0.15) is 11.5 Å². The van der Waals surface area contributed by atoms with Gasteiger partial charge in [-0.25, -0.2) is 8.42 Å². The van der Waals surface area contributed by atoms with E-state index in [4.69, 9.17) is 14.7 Å². The van der Waals surface area contributed by atoms with E-state index >= 15 is 0 Å². The van der Waals surface area contributed by atoms with Crippen LogP contribution in [0.4, 0.5) is 5.69 Å². The predicted molar refractivity (Wildman–Crippen MR) is 90.7 cm³/mol. The van der Waals surface area contributed by atoms with Gasteiger partial charge in [0.05, 0.1) is 35.4 Å². The second kappa shape index (κ2) is 7.70. The molecular formula is C17H18N2O4S. The first-order chi connectivity index (χ1) is 11.5. The molecule has 1 N–H and O–H groups in total. The Hall–Kier alpha value is -2.72. The number of nitriles is 1. The van der Waals surface area contributed by atoms with Crippen LogP contribution in [0.2, 0.25) is 0 Å². The van der Waals surface area contributed by atoms with Crippen LogP contribution >= 0.6 is 0 Å². The third-order valence-electron chi connectivity index (χ3n) is 3.08. The molecule has 0 unspecified atom stereocenters. The number of anilines is 1. The first-order valence-electron chi connectivity index (χ1n) is 7.42. The van der Waals surface area contributed by atoms with Crippen LogP contribution in [0, 0.1) is 11.3 Å². The minimum atomic E-state index is -3.86. The highest BCUT2D eigenvalue weighted by atomic mass is 32.2. The zero-order valence-corrected chi connectivity index (χ0v) is 14.3. The molecule has 126 valence electrons. The molecule has 2 aromatic rings. The highest BCUT2D eigenvalue weighted by Gasteiger charge is 2.18. The van der Waals surface area contributed by atoms with Crippen molar-refractivity contribution in [3.8, 4) is 17.6 Å². The highest BCUT2D eigenvalue weighted by Crippen LogP contribution is 2.31. The maximum atomic E-state index is 12.6. The molecule has 0 fully saturated rings. The first-order valence-corrected chi connectivity index (χ1v) is 8.91. The summed E-state index contributed by atoms with van der Waals surface area (Å²) in [6, 6.07) is 12.7. The van der Waals surface area contributed by atoms with E-state index in [0.717, 1.165) is 0 Å². The molecule has 0 heterocycles. The van der Waals surface area contributed by atoms with Gasteiger partial charge in [0, 0.05) is 6.07 Å². The number of benzene rings is 2. The predicted octanol–water partition coefficient (Wildman–Crippen LogP) is 3.16. The van der Waals surface area contributed by atoms with Crippen LogP contribution in [0.5, 0.6) is 11.5 Å². The second-order valence-corrected chi connectivity index (χ2v) is 6.45. The molecule has 0 saturated carbocycles. The van der Waals surface area contributed by atoms with Crippen molar-refractivity contribution in [2.45, 2.75) is 18.7 Å². The minimum Gasteiger partial charge on any atom is -0.494 e. The highest BCUT2D eigenvalue weighted by molar-refractivity contribution is 7.92. The number of rotatable bonds is 7. The monoisotopic (exact) mass is 346 g/mol.